The van der Waals surface area contributed by atoms with Gasteiger partial charge in [0.1, 0.15) is 11.5 Å². The lowest BCUT2D eigenvalue weighted by Crippen LogP contribution is -2.18. The Morgan fingerprint density at radius 1 is 1.33 bits per heavy atom. The number of nitrogens with zero attached hydrogens (tertiary/aromatic N) is 1. The number of rotatable bonds is 2. The monoisotopic (exact) mass is 247 g/mol. The zero-order chi connectivity index (χ0) is 13.1. The molecule has 0 aliphatic rings. The van der Waals surface area contributed by atoms with Crippen molar-refractivity contribution < 1.29 is 9.18 Å². The van der Waals surface area contributed by atoms with Gasteiger partial charge in [0.15, 0.2) is 0 Å². The van der Waals surface area contributed by atoms with Gasteiger partial charge in [-0.2, -0.15) is 5.10 Å². The zero-order valence-electron chi connectivity index (χ0n) is 9.53. The maximum Gasteiger partial charge on any atom is 0.276 e. The van der Waals surface area contributed by atoms with Gasteiger partial charge in [0.2, 0.25) is 0 Å². The average molecular weight is 247 g/mol. The van der Waals surface area contributed by atoms with E-state index in [-0.39, 0.29) is 5.69 Å². The summed E-state index contributed by atoms with van der Waals surface area (Å²) in [6.07, 6.45) is 0. The van der Waals surface area contributed by atoms with Crippen molar-refractivity contribution >= 4 is 11.6 Å². The number of hydrogen-bond acceptors (Lipinski definition) is 3. The van der Waals surface area contributed by atoms with E-state index in [1.54, 1.807) is 13.0 Å². The Bertz CT molecular complexity index is 632. The molecule has 0 aliphatic carbocycles. The Balaban J connectivity index is 2.23. The number of amides is 1. The number of aromatic nitrogens is 2. The Labute approximate surface area is 102 Å². The number of carbonyl (C=O) groups excluding carboxylic acids is 1. The third kappa shape index (κ3) is 2.60. The number of H-pyrrole nitrogens is 1. The van der Waals surface area contributed by atoms with E-state index in [4.69, 9.17) is 0 Å². The van der Waals surface area contributed by atoms with Crippen molar-refractivity contribution in [3.05, 3.63) is 57.8 Å². The highest BCUT2D eigenvalue weighted by Crippen LogP contribution is 2.16. The summed E-state index contributed by atoms with van der Waals surface area (Å²) in [5, 5.41) is 8.26. The first-order valence-corrected chi connectivity index (χ1v) is 5.19. The van der Waals surface area contributed by atoms with Gasteiger partial charge in [-0.1, -0.05) is 6.07 Å². The Morgan fingerprint density at radius 3 is 2.78 bits per heavy atom. The van der Waals surface area contributed by atoms with Crippen molar-refractivity contribution in [3.8, 4) is 0 Å². The number of nitrogens with one attached hydrogen (secondary N) is 2. The molecule has 0 radical (unpaired) electrons. The van der Waals surface area contributed by atoms with Crippen LogP contribution in [0.25, 0.3) is 0 Å². The first kappa shape index (κ1) is 12.0. The van der Waals surface area contributed by atoms with E-state index in [9.17, 15) is 14.0 Å². The predicted molar refractivity (Wildman–Crippen MR) is 63.9 cm³/mol. The normalized spacial score (nSPS) is 10.1. The summed E-state index contributed by atoms with van der Waals surface area (Å²) in [5.74, 6) is -0.953. The maximum absolute atomic E-state index is 13.0. The molecule has 0 bridgehead atoms. The molecule has 0 spiro atoms. The van der Waals surface area contributed by atoms with Crippen LogP contribution in [0.2, 0.25) is 0 Å². The van der Waals surface area contributed by atoms with Crippen molar-refractivity contribution in [2.24, 2.45) is 0 Å². The van der Waals surface area contributed by atoms with E-state index in [1.165, 1.54) is 24.3 Å². The van der Waals surface area contributed by atoms with Crippen LogP contribution >= 0.6 is 0 Å². The van der Waals surface area contributed by atoms with Crippen molar-refractivity contribution in [2.45, 2.75) is 6.92 Å². The summed E-state index contributed by atoms with van der Waals surface area (Å²) >= 11 is 0. The molecule has 1 amide bonds. The highest BCUT2D eigenvalue weighted by atomic mass is 19.1. The summed E-state index contributed by atoms with van der Waals surface area (Å²) in [4.78, 5) is 22.6. The lowest BCUT2D eigenvalue weighted by Gasteiger charge is -2.07. The molecule has 2 aromatic rings. The molecule has 18 heavy (non-hydrogen) atoms. The molecule has 1 aromatic heterocycles. The number of aromatic amines is 1. The van der Waals surface area contributed by atoms with Crippen LogP contribution in [-0.4, -0.2) is 16.1 Å². The number of aryl methyl sites for hydroxylation is 1. The zero-order valence-corrected chi connectivity index (χ0v) is 9.53. The first-order chi connectivity index (χ1) is 8.56. The molecule has 0 atom stereocenters. The summed E-state index contributed by atoms with van der Waals surface area (Å²) in [6, 6.07) is 6.58. The SMILES string of the molecule is Cc1ccc(F)cc1NC(=O)c1ccc(=O)[nH]n1. The molecule has 0 saturated heterocycles. The van der Waals surface area contributed by atoms with Gasteiger partial charge in [-0.3, -0.25) is 9.59 Å². The number of halogens is 1. The van der Waals surface area contributed by atoms with Crippen molar-refractivity contribution in [1.82, 2.24) is 10.2 Å². The molecule has 1 heterocycles. The van der Waals surface area contributed by atoms with Crippen LogP contribution in [0, 0.1) is 12.7 Å². The minimum absolute atomic E-state index is 0.0539. The van der Waals surface area contributed by atoms with Crippen LogP contribution in [0.3, 0.4) is 0 Å². The Hall–Kier alpha value is -2.50. The summed E-state index contributed by atoms with van der Waals surface area (Å²) < 4.78 is 13.0. The molecule has 0 saturated carbocycles. The van der Waals surface area contributed by atoms with E-state index < -0.39 is 17.3 Å². The van der Waals surface area contributed by atoms with Gasteiger partial charge >= 0.3 is 0 Å². The molecule has 92 valence electrons. The summed E-state index contributed by atoms with van der Waals surface area (Å²) in [7, 11) is 0. The standard InChI is InChI=1S/C12H10FN3O2/c1-7-2-3-8(13)6-10(7)14-12(18)9-4-5-11(17)16-15-9/h2-6H,1H3,(H,14,18)(H,16,17). The third-order valence-corrected chi connectivity index (χ3v) is 2.36. The average Bonchev–Trinajstić information content (AvgIpc) is 2.34. The smallest absolute Gasteiger partial charge is 0.276 e. The van der Waals surface area contributed by atoms with Crippen LogP contribution in [0.15, 0.2) is 35.1 Å². The highest BCUT2D eigenvalue weighted by Gasteiger charge is 2.09. The number of benzene rings is 1. The van der Waals surface area contributed by atoms with E-state index in [1.807, 2.05) is 0 Å². The van der Waals surface area contributed by atoms with Crippen LogP contribution in [-0.2, 0) is 0 Å². The summed E-state index contributed by atoms with van der Waals surface area (Å²) in [6.45, 7) is 1.75. The van der Waals surface area contributed by atoms with Crippen LogP contribution in [0.1, 0.15) is 16.1 Å². The lowest BCUT2D eigenvalue weighted by molar-refractivity contribution is 0.102. The molecule has 0 unspecified atom stereocenters. The van der Waals surface area contributed by atoms with E-state index in [0.29, 0.717) is 5.69 Å². The van der Waals surface area contributed by atoms with Gasteiger partial charge < -0.3 is 5.32 Å². The second kappa shape index (κ2) is 4.79. The number of carbonyl (C=O) groups is 1. The van der Waals surface area contributed by atoms with Crippen LogP contribution in [0.5, 0.6) is 0 Å². The Morgan fingerprint density at radius 2 is 2.11 bits per heavy atom. The Kier molecular flexibility index (Phi) is 3.18. The molecule has 0 fully saturated rings. The van der Waals surface area contributed by atoms with Crippen molar-refractivity contribution in [1.29, 1.82) is 0 Å². The topological polar surface area (TPSA) is 74.8 Å². The molecule has 2 N–H and O–H groups in total. The van der Waals surface area contributed by atoms with Gasteiger partial charge in [0.05, 0.1) is 0 Å². The minimum Gasteiger partial charge on any atom is -0.320 e. The van der Waals surface area contributed by atoms with Crippen LogP contribution in [0.4, 0.5) is 10.1 Å². The fourth-order valence-corrected chi connectivity index (χ4v) is 1.39. The molecule has 6 heteroatoms. The predicted octanol–water partition coefficient (Wildman–Crippen LogP) is 1.47. The van der Waals surface area contributed by atoms with E-state index in [0.717, 1.165) is 5.56 Å². The van der Waals surface area contributed by atoms with Crippen LogP contribution < -0.4 is 10.9 Å². The lowest BCUT2D eigenvalue weighted by atomic mass is 10.2. The third-order valence-electron chi connectivity index (χ3n) is 2.36. The number of hydrogen-bond donors (Lipinski definition) is 2. The van der Waals surface area contributed by atoms with Gasteiger partial charge in [-0.15, -0.1) is 0 Å². The van der Waals surface area contributed by atoms with Gasteiger partial charge in [0, 0.05) is 11.8 Å². The highest BCUT2D eigenvalue weighted by molar-refractivity contribution is 6.03. The van der Waals surface area contributed by atoms with E-state index >= 15 is 0 Å². The molecular formula is C12H10FN3O2. The molecular weight excluding hydrogens is 237 g/mol. The first-order valence-electron chi connectivity index (χ1n) is 5.19. The molecule has 5 nitrogen and oxygen atoms in total. The van der Waals surface area contributed by atoms with E-state index in [2.05, 4.69) is 15.5 Å². The van der Waals surface area contributed by atoms with Gasteiger partial charge in [-0.25, -0.2) is 9.49 Å². The quantitative estimate of drug-likeness (QED) is 0.843. The second-order valence-corrected chi connectivity index (χ2v) is 3.72. The van der Waals surface area contributed by atoms with Crippen molar-refractivity contribution in [3.63, 3.8) is 0 Å². The maximum atomic E-state index is 13.0. The largest absolute Gasteiger partial charge is 0.320 e. The molecule has 0 aliphatic heterocycles. The molecule has 2 rings (SSSR count). The number of anilines is 1. The summed E-state index contributed by atoms with van der Waals surface area (Å²) in [5.41, 5.74) is 0.758. The second-order valence-electron chi connectivity index (χ2n) is 3.72. The van der Waals surface area contributed by atoms with Gasteiger partial charge in [0.25, 0.3) is 11.5 Å². The fraction of sp³-hybridized carbons (Fsp3) is 0.0833. The fourth-order valence-electron chi connectivity index (χ4n) is 1.39. The van der Waals surface area contributed by atoms with Crippen molar-refractivity contribution in [2.75, 3.05) is 5.32 Å². The molecule has 1 aromatic carbocycles. The van der Waals surface area contributed by atoms with Gasteiger partial charge in [-0.05, 0) is 30.7 Å². The minimum atomic E-state index is -0.514.